The number of hydrogen-bond donors (Lipinski definition) is 0. The van der Waals surface area contributed by atoms with Gasteiger partial charge in [-0.15, -0.1) is 11.3 Å². The zero-order valence-corrected chi connectivity index (χ0v) is 29.0. The van der Waals surface area contributed by atoms with E-state index in [0.29, 0.717) is 11.4 Å². The van der Waals surface area contributed by atoms with Crippen LogP contribution in [0.3, 0.4) is 0 Å². The van der Waals surface area contributed by atoms with E-state index in [9.17, 15) is 5.26 Å². The fourth-order valence-corrected chi connectivity index (χ4v) is 8.13. The Balaban J connectivity index is 1.18. The van der Waals surface area contributed by atoms with Crippen LogP contribution in [0.5, 0.6) is 0 Å². The van der Waals surface area contributed by atoms with E-state index in [1.54, 1.807) is 0 Å². The molecule has 0 fully saturated rings. The van der Waals surface area contributed by atoms with Gasteiger partial charge in [-0.25, -0.2) is 9.97 Å². The third kappa shape index (κ3) is 5.94. The van der Waals surface area contributed by atoms with Crippen molar-refractivity contribution in [1.82, 2.24) is 9.97 Å². The Bertz CT molecular complexity index is 2670. The highest BCUT2D eigenvalue weighted by atomic mass is 32.1. The van der Waals surface area contributed by atoms with Gasteiger partial charge in [-0.1, -0.05) is 146 Å². The van der Waals surface area contributed by atoms with E-state index in [1.807, 2.05) is 72.0 Å². The first-order valence-electron chi connectivity index (χ1n) is 17.4. The maximum Gasteiger partial charge on any atom is 0.160 e. The fourth-order valence-electron chi connectivity index (χ4n) is 7.02. The topological polar surface area (TPSA) is 49.6 Å². The summed E-state index contributed by atoms with van der Waals surface area (Å²) in [5, 5.41) is 11.8. The molecule has 0 unspecified atom stereocenters. The van der Waals surface area contributed by atoms with Crippen molar-refractivity contribution < 1.29 is 0 Å². The van der Waals surface area contributed by atoms with Gasteiger partial charge in [0.1, 0.15) is 0 Å². The smallest absolute Gasteiger partial charge is 0.160 e. The van der Waals surface area contributed by atoms with Gasteiger partial charge in [0.2, 0.25) is 0 Å². The zero-order valence-electron chi connectivity index (χ0n) is 28.2. The molecule has 0 aliphatic heterocycles. The number of allylic oxidation sites excluding steroid dienone is 6. The predicted octanol–water partition coefficient (Wildman–Crippen LogP) is 12.8. The lowest BCUT2D eigenvalue weighted by molar-refractivity contribution is 1.18. The summed E-state index contributed by atoms with van der Waals surface area (Å²) in [6.07, 6.45) is 9.70. The van der Waals surface area contributed by atoms with Crippen LogP contribution in [-0.2, 0) is 0 Å². The van der Waals surface area contributed by atoms with Crippen LogP contribution >= 0.6 is 11.3 Å². The molecule has 3 nitrogen and oxygen atoms in total. The summed E-state index contributed by atoms with van der Waals surface area (Å²) in [7, 11) is 0. The van der Waals surface area contributed by atoms with Crippen molar-refractivity contribution >= 4 is 42.7 Å². The molecule has 2 heterocycles. The molecule has 2 aromatic heterocycles. The molecule has 9 rings (SSSR count). The lowest BCUT2D eigenvalue weighted by atomic mass is 9.89. The van der Waals surface area contributed by atoms with E-state index in [-0.39, 0.29) is 0 Å². The third-order valence-corrected chi connectivity index (χ3v) is 10.8. The Labute approximate surface area is 306 Å². The first kappa shape index (κ1) is 31.3. The van der Waals surface area contributed by atoms with Gasteiger partial charge in [-0.05, 0) is 70.2 Å². The number of fused-ring (bicyclic) bond motifs is 3. The summed E-state index contributed by atoms with van der Waals surface area (Å²) in [6, 6.07) is 54.8. The normalized spacial score (nSPS) is 12.7. The van der Waals surface area contributed by atoms with Gasteiger partial charge in [-0.3, -0.25) is 0 Å². The molecule has 6 aromatic carbocycles. The molecule has 1 aliphatic carbocycles. The largest absolute Gasteiger partial charge is 0.228 e. The molecule has 0 atom stereocenters. The SMILES string of the molecule is N#Cc1ccc(C2=CC=C(c3ccc4sc5ccccc5c4c3-c3ccc(-c4cc(-c5ccccc5)nc(-c5ccccc5)n4)cc3)CC=C2)cc1. The highest BCUT2D eigenvalue weighted by molar-refractivity contribution is 7.26. The Morgan fingerprint density at radius 3 is 1.92 bits per heavy atom. The van der Waals surface area contributed by atoms with E-state index in [4.69, 9.17) is 9.97 Å². The molecule has 244 valence electrons. The summed E-state index contributed by atoms with van der Waals surface area (Å²) >= 11 is 1.84. The zero-order chi connectivity index (χ0) is 34.9. The van der Waals surface area contributed by atoms with Crippen molar-refractivity contribution in [3.8, 4) is 51.1 Å². The van der Waals surface area contributed by atoms with Crippen LogP contribution in [0.4, 0.5) is 0 Å². The van der Waals surface area contributed by atoms with Gasteiger partial charge < -0.3 is 0 Å². The van der Waals surface area contributed by atoms with E-state index in [1.165, 1.54) is 42.4 Å². The maximum atomic E-state index is 9.28. The van der Waals surface area contributed by atoms with Crippen LogP contribution in [0.2, 0.25) is 0 Å². The third-order valence-electron chi connectivity index (χ3n) is 9.63. The average molecular weight is 682 g/mol. The lowest BCUT2D eigenvalue weighted by Crippen LogP contribution is -1.96. The van der Waals surface area contributed by atoms with Crippen LogP contribution < -0.4 is 0 Å². The number of rotatable bonds is 6. The van der Waals surface area contributed by atoms with Crippen molar-refractivity contribution in [3.05, 3.63) is 193 Å². The quantitative estimate of drug-likeness (QED) is 0.175. The van der Waals surface area contributed by atoms with Gasteiger partial charge in [0.15, 0.2) is 5.82 Å². The molecule has 0 saturated heterocycles. The van der Waals surface area contributed by atoms with Crippen molar-refractivity contribution in [2.24, 2.45) is 0 Å². The maximum absolute atomic E-state index is 9.28. The molecule has 52 heavy (non-hydrogen) atoms. The summed E-state index contributed by atoms with van der Waals surface area (Å²) in [5.74, 6) is 0.708. The van der Waals surface area contributed by atoms with E-state index in [0.717, 1.165) is 45.6 Å². The number of thiophene rings is 1. The highest BCUT2D eigenvalue weighted by Crippen LogP contribution is 2.45. The number of nitrogens with zero attached hydrogens (tertiary/aromatic N) is 3. The monoisotopic (exact) mass is 681 g/mol. The van der Waals surface area contributed by atoms with E-state index < -0.39 is 0 Å². The molecule has 4 heteroatoms. The van der Waals surface area contributed by atoms with Crippen molar-refractivity contribution in [2.45, 2.75) is 6.42 Å². The van der Waals surface area contributed by atoms with Crippen LogP contribution in [0.25, 0.3) is 76.3 Å². The molecule has 8 aromatic rings. The molecular formula is C48H31N3S. The second-order valence-corrected chi connectivity index (χ2v) is 13.9. The van der Waals surface area contributed by atoms with Gasteiger partial charge >= 0.3 is 0 Å². The summed E-state index contributed by atoms with van der Waals surface area (Å²) < 4.78 is 2.56. The molecule has 0 bridgehead atoms. The highest BCUT2D eigenvalue weighted by Gasteiger charge is 2.19. The van der Waals surface area contributed by atoms with Gasteiger partial charge in [0, 0.05) is 36.9 Å². The summed E-state index contributed by atoms with van der Waals surface area (Å²) in [6.45, 7) is 0. The van der Waals surface area contributed by atoms with Crippen LogP contribution in [-0.4, -0.2) is 9.97 Å². The molecule has 0 amide bonds. The molecule has 1 aliphatic rings. The van der Waals surface area contributed by atoms with Gasteiger partial charge in [-0.2, -0.15) is 5.26 Å². The Kier molecular flexibility index (Phi) is 8.17. The van der Waals surface area contributed by atoms with E-state index >= 15 is 0 Å². The van der Waals surface area contributed by atoms with Gasteiger partial charge in [0.25, 0.3) is 0 Å². The number of hydrogen-bond acceptors (Lipinski definition) is 4. The fraction of sp³-hybridized carbons (Fsp3) is 0.0208. The van der Waals surface area contributed by atoms with Crippen molar-refractivity contribution in [1.29, 1.82) is 5.26 Å². The minimum absolute atomic E-state index is 0.665. The Morgan fingerprint density at radius 2 is 1.19 bits per heavy atom. The second kappa shape index (κ2) is 13.6. The Morgan fingerprint density at radius 1 is 0.558 bits per heavy atom. The van der Waals surface area contributed by atoms with Crippen LogP contribution in [0.1, 0.15) is 23.1 Å². The van der Waals surface area contributed by atoms with Crippen molar-refractivity contribution in [3.63, 3.8) is 0 Å². The second-order valence-electron chi connectivity index (χ2n) is 12.8. The van der Waals surface area contributed by atoms with Gasteiger partial charge in [0.05, 0.1) is 23.0 Å². The van der Waals surface area contributed by atoms with Crippen molar-refractivity contribution in [2.75, 3.05) is 0 Å². The molecule has 0 saturated carbocycles. The summed E-state index contributed by atoms with van der Waals surface area (Å²) in [4.78, 5) is 10.1. The standard InChI is InChI=1S/C48H31N3S/c49-31-32-18-20-34(21-19-32)33-14-9-15-35(23-22-33)40-28-29-45-47(41-16-7-8-17-44(41)52-45)46(40)38-26-24-37(25-27-38)43-30-42(36-10-3-1-4-11-36)50-48(51-43)39-12-5-2-6-13-39/h1-14,16-30H,15H2. The lowest BCUT2D eigenvalue weighted by Gasteiger charge is -2.15. The number of nitriles is 1. The first-order chi connectivity index (χ1) is 25.7. The molecule has 0 radical (unpaired) electrons. The van der Waals surface area contributed by atoms with E-state index in [2.05, 4.69) is 121 Å². The molecule has 0 N–H and O–H groups in total. The van der Waals surface area contributed by atoms with Crippen LogP contribution in [0, 0.1) is 11.3 Å². The van der Waals surface area contributed by atoms with Crippen LogP contribution in [0.15, 0.2) is 176 Å². The number of benzene rings is 6. The minimum Gasteiger partial charge on any atom is -0.228 e. The minimum atomic E-state index is 0.665. The predicted molar refractivity (Wildman–Crippen MR) is 218 cm³/mol. The first-order valence-corrected chi connectivity index (χ1v) is 18.2. The summed E-state index contributed by atoms with van der Waals surface area (Å²) in [5.41, 5.74) is 12.6. The molecule has 0 spiro atoms. The molecular weight excluding hydrogens is 651 g/mol. The number of aromatic nitrogens is 2. The average Bonchev–Trinajstić information content (AvgIpc) is 3.42. The Hall–Kier alpha value is -6.67.